The van der Waals surface area contributed by atoms with Crippen molar-refractivity contribution in [2.75, 3.05) is 5.32 Å². The summed E-state index contributed by atoms with van der Waals surface area (Å²) >= 11 is 6.80. The van der Waals surface area contributed by atoms with Crippen LogP contribution < -0.4 is 5.32 Å². The van der Waals surface area contributed by atoms with Crippen molar-refractivity contribution in [1.82, 2.24) is 0 Å². The molecule has 0 radical (unpaired) electrons. The van der Waals surface area contributed by atoms with Crippen molar-refractivity contribution in [1.29, 1.82) is 0 Å². The first kappa shape index (κ1) is 16.0. The summed E-state index contributed by atoms with van der Waals surface area (Å²) in [5, 5.41) is 14.4. The maximum atomic E-state index is 11.1. The van der Waals surface area contributed by atoms with Crippen LogP contribution in [0.2, 0.25) is 0 Å². The molecular formula is C15H14Br2N2O2. The van der Waals surface area contributed by atoms with Gasteiger partial charge < -0.3 is 5.32 Å². The predicted octanol–water partition coefficient (Wildman–Crippen LogP) is 5.29. The topological polar surface area (TPSA) is 55.2 Å². The first-order valence-electron chi connectivity index (χ1n) is 6.46. The second-order valence-corrected chi connectivity index (χ2v) is 6.37. The van der Waals surface area contributed by atoms with E-state index in [9.17, 15) is 10.1 Å². The number of benzene rings is 2. The molecule has 110 valence electrons. The lowest BCUT2D eigenvalue weighted by molar-refractivity contribution is -0.385. The smallest absolute Gasteiger partial charge is 0.274 e. The Morgan fingerprint density at radius 3 is 2.33 bits per heavy atom. The van der Waals surface area contributed by atoms with Crippen LogP contribution in [0.5, 0.6) is 0 Å². The van der Waals surface area contributed by atoms with Gasteiger partial charge in [-0.25, -0.2) is 0 Å². The second kappa shape index (κ2) is 7.04. The summed E-state index contributed by atoms with van der Waals surface area (Å²) in [5.74, 6) is 0. The number of nitro groups is 1. The van der Waals surface area contributed by atoms with Gasteiger partial charge in [0.15, 0.2) is 0 Å². The van der Waals surface area contributed by atoms with Crippen LogP contribution in [-0.4, -0.2) is 4.92 Å². The lowest BCUT2D eigenvalue weighted by Gasteiger charge is -2.12. The fourth-order valence-electron chi connectivity index (χ4n) is 2.09. The zero-order valence-electron chi connectivity index (χ0n) is 11.4. The third-order valence-corrected chi connectivity index (χ3v) is 4.14. The molecule has 2 rings (SSSR count). The van der Waals surface area contributed by atoms with E-state index in [2.05, 4.69) is 50.2 Å². The number of halogens is 2. The molecular weight excluding hydrogens is 400 g/mol. The maximum Gasteiger partial charge on any atom is 0.274 e. The van der Waals surface area contributed by atoms with Gasteiger partial charge in [-0.15, -0.1) is 0 Å². The third kappa shape index (κ3) is 4.04. The molecule has 4 nitrogen and oxygen atoms in total. The van der Waals surface area contributed by atoms with Crippen molar-refractivity contribution < 1.29 is 4.92 Å². The minimum absolute atomic E-state index is 0.126. The van der Waals surface area contributed by atoms with Crippen LogP contribution in [0.15, 0.2) is 45.3 Å². The van der Waals surface area contributed by atoms with Gasteiger partial charge in [-0.1, -0.05) is 38.8 Å². The van der Waals surface area contributed by atoms with Crippen LogP contribution in [0.25, 0.3) is 0 Å². The summed E-state index contributed by atoms with van der Waals surface area (Å²) in [4.78, 5) is 10.7. The molecule has 0 bridgehead atoms. The molecule has 21 heavy (non-hydrogen) atoms. The molecule has 0 saturated carbocycles. The molecule has 0 aliphatic heterocycles. The molecule has 0 spiro atoms. The van der Waals surface area contributed by atoms with Crippen LogP contribution in [0.1, 0.15) is 18.1 Å². The Morgan fingerprint density at radius 2 is 1.71 bits per heavy atom. The van der Waals surface area contributed by atoms with E-state index < -0.39 is 0 Å². The molecule has 0 saturated heterocycles. The molecule has 0 fully saturated rings. The number of rotatable bonds is 5. The fourth-order valence-corrected chi connectivity index (χ4v) is 2.91. The van der Waals surface area contributed by atoms with E-state index in [4.69, 9.17) is 0 Å². The fraction of sp³-hybridized carbons (Fsp3) is 0.200. The Hall–Kier alpha value is -1.40. The summed E-state index contributed by atoms with van der Waals surface area (Å²) < 4.78 is 1.86. The van der Waals surface area contributed by atoms with Gasteiger partial charge in [-0.2, -0.15) is 0 Å². The van der Waals surface area contributed by atoms with Crippen LogP contribution in [-0.2, 0) is 13.0 Å². The Morgan fingerprint density at radius 1 is 1.10 bits per heavy atom. The molecule has 0 amide bonds. The zero-order valence-corrected chi connectivity index (χ0v) is 14.6. The van der Waals surface area contributed by atoms with E-state index in [-0.39, 0.29) is 10.6 Å². The molecule has 1 N–H and O–H groups in total. The Balaban J connectivity index is 2.24. The predicted molar refractivity (Wildman–Crippen MR) is 91.6 cm³/mol. The van der Waals surface area contributed by atoms with Gasteiger partial charge in [0.2, 0.25) is 0 Å². The first-order chi connectivity index (χ1) is 10.0. The molecule has 2 aromatic carbocycles. The number of hydrogen-bond acceptors (Lipinski definition) is 3. The first-order valence-corrected chi connectivity index (χ1v) is 8.05. The van der Waals surface area contributed by atoms with Gasteiger partial charge in [-0.05, 0) is 42.3 Å². The number of nitrogens with zero attached hydrogens (tertiary/aromatic N) is 1. The highest BCUT2D eigenvalue weighted by Gasteiger charge is 2.14. The minimum Gasteiger partial charge on any atom is -0.380 e. The lowest BCUT2D eigenvalue weighted by atomic mass is 10.1. The highest BCUT2D eigenvalue weighted by atomic mass is 79.9. The average molecular weight is 414 g/mol. The summed E-state index contributed by atoms with van der Waals surface area (Å²) in [5.41, 5.74) is 2.94. The molecule has 2 aromatic rings. The number of hydrogen-bond donors (Lipinski definition) is 1. The molecule has 0 unspecified atom stereocenters. The number of nitrogens with one attached hydrogen (secondary N) is 1. The van der Waals surface area contributed by atoms with E-state index in [0.29, 0.717) is 12.1 Å². The highest BCUT2D eigenvalue weighted by molar-refractivity contribution is 9.10. The Bertz CT molecular complexity index is 675. The highest BCUT2D eigenvalue weighted by Crippen LogP contribution is 2.26. The zero-order chi connectivity index (χ0) is 15.4. The van der Waals surface area contributed by atoms with Crippen LogP contribution in [0.4, 0.5) is 11.4 Å². The molecule has 6 heteroatoms. The molecule has 0 atom stereocenters. The normalized spacial score (nSPS) is 10.4. The van der Waals surface area contributed by atoms with Crippen LogP contribution in [0.3, 0.4) is 0 Å². The van der Waals surface area contributed by atoms with E-state index in [1.807, 2.05) is 12.1 Å². The second-order valence-electron chi connectivity index (χ2n) is 4.54. The van der Waals surface area contributed by atoms with Gasteiger partial charge in [0.05, 0.1) is 4.92 Å². The molecule has 0 aliphatic carbocycles. The minimum atomic E-state index is -0.355. The summed E-state index contributed by atoms with van der Waals surface area (Å²) in [7, 11) is 0. The number of nitro benzene ring substituents is 1. The Kier molecular flexibility index (Phi) is 5.36. The van der Waals surface area contributed by atoms with Gasteiger partial charge in [0, 0.05) is 32.8 Å². The SMILES string of the molecule is CCc1cc(Br)ccc1NCc1cc(Br)ccc1[N+](=O)[O-]. The third-order valence-electron chi connectivity index (χ3n) is 3.16. The average Bonchev–Trinajstić information content (AvgIpc) is 2.45. The van der Waals surface area contributed by atoms with Gasteiger partial charge in [0.25, 0.3) is 5.69 Å². The summed E-state index contributed by atoms with van der Waals surface area (Å²) in [6.45, 7) is 2.49. The van der Waals surface area contributed by atoms with Crippen LogP contribution >= 0.6 is 31.9 Å². The number of aryl methyl sites for hydroxylation is 1. The number of anilines is 1. The lowest BCUT2D eigenvalue weighted by Crippen LogP contribution is -2.05. The van der Waals surface area contributed by atoms with Crippen molar-refractivity contribution in [3.05, 3.63) is 66.6 Å². The van der Waals surface area contributed by atoms with Crippen LogP contribution in [0, 0.1) is 10.1 Å². The summed E-state index contributed by atoms with van der Waals surface area (Å²) in [6, 6.07) is 11.0. The van der Waals surface area contributed by atoms with Crippen molar-refractivity contribution in [2.24, 2.45) is 0 Å². The monoisotopic (exact) mass is 412 g/mol. The molecule has 0 aromatic heterocycles. The Labute approximate surface area is 140 Å². The van der Waals surface area contributed by atoms with Crippen molar-refractivity contribution in [3.8, 4) is 0 Å². The van der Waals surface area contributed by atoms with Crippen molar-refractivity contribution in [2.45, 2.75) is 19.9 Å². The van der Waals surface area contributed by atoms with Gasteiger partial charge in [-0.3, -0.25) is 10.1 Å². The van der Waals surface area contributed by atoms with E-state index in [1.165, 1.54) is 11.6 Å². The van der Waals surface area contributed by atoms with E-state index in [1.54, 1.807) is 12.1 Å². The molecule has 0 heterocycles. The van der Waals surface area contributed by atoms with Crippen molar-refractivity contribution in [3.63, 3.8) is 0 Å². The van der Waals surface area contributed by atoms with Gasteiger partial charge >= 0.3 is 0 Å². The maximum absolute atomic E-state index is 11.1. The quantitative estimate of drug-likeness (QED) is 0.534. The molecule has 0 aliphatic rings. The van der Waals surface area contributed by atoms with Crippen molar-refractivity contribution >= 4 is 43.2 Å². The largest absolute Gasteiger partial charge is 0.380 e. The summed E-state index contributed by atoms with van der Waals surface area (Å²) in [6.07, 6.45) is 0.891. The van der Waals surface area contributed by atoms with E-state index in [0.717, 1.165) is 21.1 Å². The van der Waals surface area contributed by atoms with E-state index >= 15 is 0 Å². The van der Waals surface area contributed by atoms with Gasteiger partial charge in [0.1, 0.15) is 0 Å². The standard InChI is InChI=1S/C15H14Br2N2O2/c1-2-10-7-12(16)3-5-14(10)18-9-11-8-13(17)4-6-15(11)19(20)21/h3-8,18H,2,9H2,1H3.